The van der Waals surface area contributed by atoms with Gasteiger partial charge in [0, 0.05) is 17.4 Å². The van der Waals surface area contributed by atoms with Crippen molar-refractivity contribution in [3.05, 3.63) is 71.8 Å². The lowest BCUT2D eigenvalue weighted by Gasteiger charge is -2.12. The van der Waals surface area contributed by atoms with Crippen molar-refractivity contribution in [2.24, 2.45) is 5.92 Å². The number of carbonyl (C=O) groups is 1. The summed E-state index contributed by atoms with van der Waals surface area (Å²) in [5.74, 6) is 2.47. The average molecular weight is 559 g/mol. The van der Waals surface area contributed by atoms with Gasteiger partial charge in [0.25, 0.3) is 0 Å². The standard InChI is InChI=1S/C38H54O3/c1-4-6-8-10-11-12-14-16-27-40-35-25-26-36-34(29-35)19-17-20-38(36)41-30-32-21-23-33(24-22-32)37(39)28-31(3)18-15-13-9-7-5-2/h17,19-26,29,31H,4-16,18,27-28,30H2,1-3H3/t31-/m1/s1. The lowest BCUT2D eigenvalue weighted by molar-refractivity contribution is 0.0962. The smallest absolute Gasteiger partial charge is 0.163 e. The van der Waals surface area contributed by atoms with Crippen molar-refractivity contribution in [3.63, 3.8) is 0 Å². The molecule has 0 saturated heterocycles. The monoisotopic (exact) mass is 558 g/mol. The third kappa shape index (κ3) is 12.3. The second-order valence-electron chi connectivity index (χ2n) is 11.9. The number of fused-ring (bicyclic) bond motifs is 1. The van der Waals surface area contributed by atoms with E-state index in [0.29, 0.717) is 18.9 Å². The molecule has 3 aromatic carbocycles. The van der Waals surface area contributed by atoms with Crippen LogP contribution in [0.5, 0.6) is 11.5 Å². The Labute approximate surface area is 250 Å². The predicted octanol–water partition coefficient (Wildman–Crippen LogP) is 11.5. The summed E-state index contributed by atoms with van der Waals surface area (Å²) in [6.45, 7) is 7.95. The molecule has 0 unspecified atom stereocenters. The van der Waals surface area contributed by atoms with Crippen molar-refractivity contribution in [2.45, 2.75) is 124 Å². The largest absolute Gasteiger partial charge is 0.494 e. The molecule has 0 aliphatic heterocycles. The van der Waals surface area contributed by atoms with E-state index in [-0.39, 0.29) is 5.78 Å². The van der Waals surface area contributed by atoms with Crippen molar-refractivity contribution in [3.8, 4) is 11.5 Å². The van der Waals surface area contributed by atoms with E-state index in [1.807, 2.05) is 42.5 Å². The zero-order chi connectivity index (χ0) is 29.1. The van der Waals surface area contributed by atoms with Gasteiger partial charge in [0.1, 0.15) is 18.1 Å². The van der Waals surface area contributed by atoms with E-state index >= 15 is 0 Å². The summed E-state index contributed by atoms with van der Waals surface area (Å²) in [5.41, 5.74) is 1.86. The van der Waals surface area contributed by atoms with E-state index in [0.717, 1.165) is 52.8 Å². The van der Waals surface area contributed by atoms with Crippen LogP contribution in [0.1, 0.15) is 133 Å². The zero-order valence-electron chi connectivity index (χ0n) is 26.1. The lowest BCUT2D eigenvalue weighted by Crippen LogP contribution is -2.06. The van der Waals surface area contributed by atoms with Gasteiger partial charge < -0.3 is 9.47 Å². The number of Topliss-reactive ketones (excluding diaryl/α,β-unsaturated/α-hetero) is 1. The first-order chi connectivity index (χ1) is 20.1. The van der Waals surface area contributed by atoms with Gasteiger partial charge in [0.05, 0.1) is 6.61 Å². The molecule has 0 amide bonds. The molecule has 3 nitrogen and oxygen atoms in total. The summed E-state index contributed by atoms with van der Waals surface area (Å²) in [5, 5.41) is 2.21. The normalized spacial score (nSPS) is 12.0. The molecule has 1 atom stereocenters. The van der Waals surface area contributed by atoms with Crippen LogP contribution in [0.2, 0.25) is 0 Å². The highest BCUT2D eigenvalue weighted by Gasteiger charge is 2.12. The third-order valence-electron chi connectivity index (χ3n) is 8.08. The number of hydrogen-bond acceptors (Lipinski definition) is 3. The molecule has 0 bridgehead atoms. The summed E-state index contributed by atoms with van der Waals surface area (Å²) in [7, 11) is 0. The molecule has 0 saturated carbocycles. The third-order valence-corrected chi connectivity index (χ3v) is 8.08. The number of hydrogen-bond donors (Lipinski definition) is 0. The molecule has 0 aromatic heterocycles. The van der Waals surface area contributed by atoms with Gasteiger partial charge in [-0.05, 0) is 47.6 Å². The van der Waals surface area contributed by atoms with E-state index in [2.05, 4.69) is 39.0 Å². The quantitative estimate of drug-likeness (QED) is 0.0908. The molecule has 41 heavy (non-hydrogen) atoms. The molecule has 0 heterocycles. The molecule has 0 aliphatic rings. The van der Waals surface area contributed by atoms with Crippen LogP contribution >= 0.6 is 0 Å². The number of carbonyl (C=O) groups excluding carboxylic acids is 1. The molecule has 0 fully saturated rings. The zero-order valence-corrected chi connectivity index (χ0v) is 26.1. The SMILES string of the molecule is CCCCCCCCCCOc1ccc2c(OCc3ccc(C(=O)C[C@H](C)CCCCCCC)cc3)cccc2c1. The highest BCUT2D eigenvalue weighted by molar-refractivity contribution is 5.96. The van der Waals surface area contributed by atoms with Gasteiger partial charge in [-0.25, -0.2) is 0 Å². The van der Waals surface area contributed by atoms with Gasteiger partial charge in [0.15, 0.2) is 5.78 Å². The van der Waals surface area contributed by atoms with Crippen LogP contribution in [-0.4, -0.2) is 12.4 Å². The van der Waals surface area contributed by atoms with Crippen molar-refractivity contribution >= 4 is 16.6 Å². The Balaban J connectivity index is 1.42. The minimum Gasteiger partial charge on any atom is -0.494 e. The van der Waals surface area contributed by atoms with E-state index in [1.54, 1.807) is 0 Å². The van der Waals surface area contributed by atoms with Crippen LogP contribution in [0.15, 0.2) is 60.7 Å². The molecular weight excluding hydrogens is 504 g/mol. The van der Waals surface area contributed by atoms with Crippen molar-refractivity contribution in [1.82, 2.24) is 0 Å². The predicted molar refractivity (Wildman–Crippen MR) is 174 cm³/mol. The Bertz CT molecular complexity index is 1130. The van der Waals surface area contributed by atoms with Crippen LogP contribution in [0.3, 0.4) is 0 Å². The second kappa shape index (κ2) is 19.3. The number of rotatable bonds is 22. The summed E-state index contributed by atoms with van der Waals surface area (Å²) in [6, 6.07) is 20.4. The molecule has 0 aliphatic carbocycles. The van der Waals surface area contributed by atoms with Crippen LogP contribution < -0.4 is 9.47 Å². The molecule has 0 radical (unpaired) electrons. The summed E-state index contributed by atoms with van der Waals surface area (Å²) < 4.78 is 12.3. The van der Waals surface area contributed by atoms with Gasteiger partial charge in [-0.1, -0.05) is 141 Å². The maximum atomic E-state index is 12.8. The van der Waals surface area contributed by atoms with Gasteiger partial charge in [-0.15, -0.1) is 0 Å². The van der Waals surface area contributed by atoms with Crippen LogP contribution in [0, 0.1) is 5.92 Å². The highest BCUT2D eigenvalue weighted by atomic mass is 16.5. The fourth-order valence-electron chi connectivity index (χ4n) is 5.45. The molecular formula is C38H54O3. The number of ether oxygens (including phenoxy) is 2. The Morgan fingerprint density at radius 2 is 1.37 bits per heavy atom. The first kappa shape index (κ1) is 32.7. The van der Waals surface area contributed by atoms with Gasteiger partial charge in [-0.3, -0.25) is 4.79 Å². The van der Waals surface area contributed by atoms with Crippen molar-refractivity contribution in [1.29, 1.82) is 0 Å². The van der Waals surface area contributed by atoms with Crippen LogP contribution in [-0.2, 0) is 6.61 Å². The fraction of sp³-hybridized carbons (Fsp3) is 0.553. The Kier molecular flexibility index (Phi) is 15.4. The number of benzene rings is 3. The molecule has 0 spiro atoms. The summed E-state index contributed by atoms with van der Waals surface area (Å²) in [6.07, 6.45) is 18.6. The van der Waals surface area contributed by atoms with Crippen LogP contribution in [0.4, 0.5) is 0 Å². The number of ketones is 1. The van der Waals surface area contributed by atoms with Crippen molar-refractivity contribution in [2.75, 3.05) is 6.61 Å². The van der Waals surface area contributed by atoms with Gasteiger partial charge in [-0.2, -0.15) is 0 Å². The average Bonchev–Trinajstić information content (AvgIpc) is 2.99. The second-order valence-corrected chi connectivity index (χ2v) is 11.9. The molecule has 224 valence electrons. The van der Waals surface area contributed by atoms with Crippen LogP contribution in [0.25, 0.3) is 10.8 Å². The fourth-order valence-corrected chi connectivity index (χ4v) is 5.45. The molecule has 0 N–H and O–H groups in total. The summed E-state index contributed by atoms with van der Waals surface area (Å²) >= 11 is 0. The van der Waals surface area contributed by atoms with E-state index in [4.69, 9.17) is 9.47 Å². The minimum atomic E-state index is 0.244. The molecule has 3 rings (SSSR count). The van der Waals surface area contributed by atoms with Crippen molar-refractivity contribution < 1.29 is 14.3 Å². The van der Waals surface area contributed by atoms with E-state index in [9.17, 15) is 4.79 Å². The van der Waals surface area contributed by atoms with E-state index < -0.39 is 0 Å². The van der Waals surface area contributed by atoms with Gasteiger partial charge in [0.2, 0.25) is 0 Å². The topological polar surface area (TPSA) is 35.5 Å². The first-order valence-corrected chi connectivity index (χ1v) is 16.5. The number of unbranched alkanes of at least 4 members (excludes halogenated alkanes) is 11. The maximum Gasteiger partial charge on any atom is 0.163 e. The minimum absolute atomic E-state index is 0.244. The Morgan fingerprint density at radius 1 is 0.707 bits per heavy atom. The highest BCUT2D eigenvalue weighted by Crippen LogP contribution is 2.30. The Hall–Kier alpha value is -2.81. The van der Waals surface area contributed by atoms with Gasteiger partial charge >= 0.3 is 0 Å². The first-order valence-electron chi connectivity index (χ1n) is 16.5. The summed E-state index contributed by atoms with van der Waals surface area (Å²) in [4.78, 5) is 12.8. The Morgan fingerprint density at radius 3 is 2.07 bits per heavy atom. The van der Waals surface area contributed by atoms with E-state index in [1.165, 1.54) is 77.0 Å². The molecule has 3 aromatic rings. The lowest BCUT2D eigenvalue weighted by atomic mass is 9.94. The maximum absolute atomic E-state index is 12.8. The molecule has 3 heteroatoms.